The van der Waals surface area contributed by atoms with Crippen LogP contribution < -0.4 is 4.72 Å². The third-order valence-electron chi connectivity index (χ3n) is 3.61. The molecule has 1 heterocycles. The topological polar surface area (TPSA) is 59.1 Å². The molecule has 6 heteroatoms. The zero-order valence-electron chi connectivity index (χ0n) is 11.0. The second-order valence-electron chi connectivity index (χ2n) is 5.24. The van der Waals surface area contributed by atoms with Crippen LogP contribution in [0.15, 0.2) is 35.2 Å². The third kappa shape index (κ3) is 2.80. The van der Waals surface area contributed by atoms with Gasteiger partial charge in [-0.3, -0.25) is 0 Å². The molecule has 1 aromatic carbocycles. The van der Waals surface area contributed by atoms with E-state index in [2.05, 4.69) is 9.71 Å². The summed E-state index contributed by atoms with van der Waals surface area (Å²) in [6.07, 6.45) is 2.20. The number of nitrogens with one attached hydrogen (secondary N) is 1. The standard InChI is InChI=1S/C14H15ClN2O2S/c1-9(10-2-3-10)17-20(18,19)12-5-6-13-11(8-12)4-7-14(15)16-13/h4-10,17H,2-3H2,1H3. The molecule has 1 atom stereocenters. The van der Waals surface area contributed by atoms with Crippen molar-refractivity contribution >= 4 is 32.5 Å². The second-order valence-corrected chi connectivity index (χ2v) is 7.34. The summed E-state index contributed by atoms with van der Waals surface area (Å²) in [6, 6.07) is 8.28. The van der Waals surface area contributed by atoms with E-state index in [1.54, 1.807) is 30.3 Å². The predicted octanol–water partition coefficient (Wildman–Crippen LogP) is 2.97. The first-order valence-electron chi connectivity index (χ1n) is 6.54. The van der Waals surface area contributed by atoms with Gasteiger partial charge in [0, 0.05) is 11.4 Å². The summed E-state index contributed by atoms with van der Waals surface area (Å²) in [6.45, 7) is 1.91. The Morgan fingerprint density at radius 2 is 2.05 bits per heavy atom. The Labute approximate surface area is 123 Å². The lowest BCUT2D eigenvalue weighted by Gasteiger charge is -2.13. The van der Waals surface area contributed by atoms with Gasteiger partial charge in [-0.15, -0.1) is 0 Å². The Bertz CT molecular complexity index is 757. The van der Waals surface area contributed by atoms with Gasteiger partial charge in [0.2, 0.25) is 10.0 Å². The van der Waals surface area contributed by atoms with E-state index in [9.17, 15) is 8.42 Å². The van der Waals surface area contributed by atoms with Crippen molar-refractivity contribution in [2.75, 3.05) is 0 Å². The van der Waals surface area contributed by atoms with Gasteiger partial charge in [-0.05, 0) is 56.0 Å². The lowest BCUT2D eigenvalue weighted by Crippen LogP contribution is -2.33. The molecule has 0 saturated heterocycles. The molecular weight excluding hydrogens is 296 g/mol. The van der Waals surface area contributed by atoms with Crippen molar-refractivity contribution in [2.24, 2.45) is 5.92 Å². The minimum absolute atomic E-state index is 0.0148. The van der Waals surface area contributed by atoms with Crippen molar-refractivity contribution in [1.29, 1.82) is 0 Å². The molecule has 4 nitrogen and oxygen atoms in total. The molecule has 0 amide bonds. The number of hydrogen-bond donors (Lipinski definition) is 1. The van der Waals surface area contributed by atoms with E-state index in [4.69, 9.17) is 11.6 Å². The first-order valence-corrected chi connectivity index (χ1v) is 8.40. The molecule has 0 radical (unpaired) electrons. The molecule has 1 saturated carbocycles. The zero-order chi connectivity index (χ0) is 14.3. The van der Waals surface area contributed by atoms with Crippen molar-refractivity contribution in [3.05, 3.63) is 35.5 Å². The number of sulfonamides is 1. The fourth-order valence-electron chi connectivity index (χ4n) is 2.25. The monoisotopic (exact) mass is 310 g/mol. The highest BCUT2D eigenvalue weighted by atomic mass is 35.5. The maximum Gasteiger partial charge on any atom is 0.240 e. The summed E-state index contributed by atoms with van der Waals surface area (Å²) in [5, 5.41) is 1.16. The zero-order valence-corrected chi connectivity index (χ0v) is 12.6. The van der Waals surface area contributed by atoms with E-state index in [1.807, 2.05) is 6.92 Å². The molecular formula is C14H15ClN2O2S. The maximum atomic E-state index is 12.3. The van der Waals surface area contributed by atoms with Crippen LogP contribution in [-0.2, 0) is 10.0 Å². The molecule has 3 rings (SSSR count). The van der Waals surface area contributed by atoms with Crippen molar-refractivity contribution in [1.82, 2.24) is 9.71 Å². The number of rotatable bonds is 4. The van der Waals surface area contributed by atoms with Gasteiger partial charge >= 0.3 is 0 Å². The molecule has 20 heavy (non-hydrogen) atoms. The van der Waals surface area contributed by atoms with Crippen molar-refractivity contribution in [3.63, 3.8) is 0 Å². The van der Waals surface area contributed by atoms with E-state index in [0.717, 1.165) is 18.2 Å². The molecule has 0 bridgehead atoms. The number of fused-ring (bicyclic) bond motifs is 1. The van der Waals surface area contributed by atoms with Gasteiger partial charge in [-0.2, -0.15) is 0 Å². The second kappa shape index (κ2) is 4.98. The van der Waals surface area contributed by atoms with Crippen LogP contribution >= 0.6 is 11.6 Å². The number of pyridine rings is 1. The minimum Gasteiger partial charge on any atom is -0.236 e. The number of benzene rings is 1. The quantitative estimate of drug-likeness (QED) is 0.883. The fraction of sp³-hybridized carbons (Fsp3) is 0.357. The van der Waals surface area contributed by atoms with Gasteiger partial charge in [0.1, 0.15) is 5.15 Å². The van der Waals surface area contributed by atoms with E-state index in [0.29, 0.717) is 16.6 Å². The van der Waals surface area contributed by atoms with Crippen LogP contribution in [0.4, 0.5) is 0 Å². The first-order chi connectivity index (χ1) is 9.45. The highest BCUT2D eigenvalue weighted by Crippen LogP contribution is 2.33. The SMILES string of the molecule is CC(NS(=O)(=O)c1ccc2nc(Cl)ccc2c1)C1CC1. The summed E-state index contributed by atoms with van der Waals surface area (Å²) in [4.78, 5) is 4.41. The van der Waals surface area contributed by atoms with Gasteiger partial charge in [-0.25, -0.2) is 18.1 Å². The van der Waals surface area contributed by atoms with Gasteiger partial charge in [0.15, 0.2) is 0 Å². The highest BCUT2D eigenvalue weighted by Gasteiger charge is 2.31. The van der Waals surface area contributed by atoms with Crippen molar-refractivity contribution in [3.8, 4) is 0 Å². The number of nitrogens with zero attached hydrogens (tertiary/aromatic N) is 1. The van der Waals surface area contributed by atoms with E-state index in [-0.39, 0.29) is 10.9 Å². The fourth-order valence-corrected chi connectivity index (χ4v) is 3.75. The Balaban J connectivity index is 1.94. The van der Waals surface area contributed by atoms with Gasteiger partial charge in [0.05, 0.1) is 10.4 Å². The van der Waals surface area contributed by atoms with E-state index < -0.39 is 10.0 Å². The van der Waals surface area contributed by atoms with Gasteiger partial charge in [0.25, 0.3) is 0 Å². The van der Waals surface area contributed by atoms with Crippen LogP contribution in [0.1, 0.15) is 19.8 Å². The van der Waals surface area contributed by atoms with E-state index >= 15 is 0 Å². The largest absolute Gasteiger partial charge is 0.240 e. The molecule has 1 aromatic heterocycles. The summed E-state index contributed by atoms with van der Waals surface area (Å²) in [5.41, 5.74) is 0.687. The normalized spacial score (nSPS) is 17.3. The van der Waals surface area contributed by atoms with Crippen molar-refractivity contribution < 1.29 is 8.42 Å². The van der Waals surface area contributed by atoms with Gasteiger partial charge < -0.3 is 0 Å². The predicted molar refractivity (Wildman–Crippen MR) is 79.3 cm³/mol. The number of hydrogen-bond acceptors (Lipinski definition) is 3. The molecule has 1 unspecified atom stereocenters. The summed E-state index contributed by atoms with van der Waals surface area (Å²) in [5.74, 6) is 0.478. The van der Waals surface area contributed by atoms with Crippen molar-refractivity contribution in [2.45, 2.75) is 30.7 Å². The lowest BCUT2D eigenvalue weighted by molar-refractivity contribution is 0.538. The summed E-state index contributed by atoms with van der Waals surface area (Å²) < 4.78 is 27.4. The Morgan fingerprint density at radius 3 is 2.75 bits per heavy atom. The van der Waals surface area contributed by atoms with Crippen LogP contribution in [0.2, 0.25) is 5.15 Å². The Hall–Kier alpha value is -1.17. The Kier molecular flexibility index (Phi) is 3.44. The molecule has 0 spiro atoms. The molecule has 1 aliphatic carbocycles. The average molecular weight is 311 g/mol. The summed E-state index contributed by atoms with van der Waals surface area (Å²) >= 11 is 5.82. The Morgan fingerprint density at radius 1 is 1.30 bits per heavy atom. The number of halogens is 1. The highest BCUT2D eigenvalue weighted by molar-refractivity contribution is 7.89. The third-order valence-corrected chi connectivity index (χ3v) is 5.37. The minimum atomic E-state index is -3.48. The number of aromatic nitrogens is 1. The van der Waals surface area contributed by atoms with Crippen LogP contribution in [0, 0.1) is 5.92 Å². The molecule has 0 aliphatic heterocycles. The smallest absolute Gasteiger partial charge is 0.236 e. The van der Waals surface area contributed by atoms with Gasteiger partial charge in [-0.1, -0.05) is 11.6 Å². The van der Waals surface area contributed by atoms with Crippen LogP contribution in [0.25, 0.3) is 10.9 Å². The van der Waals surface area contributed by atoms with Crippen LogP contribution in [-0.4, -0.2) is 19.4 Å². The molecule has 2 aromatic rings. The molecule has 1 aliphatic rings. The molecule has 1 fully saturated rings. The lowest BCUT2D eigenvalue weighted by atomic mass is 10.2. The molecule has 1 N–H and O–H groups in total. The van der Waals surface area contributed by atoms with Crippen LogP contribution in [0.3, 0.4) is 0 Å². The summed E-state index contributed by atoms with van der Waals surface area (Å²) in [7, 11) is -3.48. The average Bonchev–Trinajstić information content (AvgIpc) is 3.21. The van der Waals surface area contributed by atoms with E-state index in [1.165, 1.54) is 0 Å². The first kappa shape index (κ1) is 13.8. The molecule has 106 valence electrons. The maximum absolute atomic E-state index is 12.3. The van der Waals surface area contributed by atoms with Crippen LogP contribution in [0.5, 0.6) is 0 Å².